The van der Waals surface area contributed by atoms with Gasteiger partial charge in [0.1, 0.15) is 0 Å². The van der Waals surface area contributed by atoms with E-state index in [1.165, 1.54) is 0 Å². The average Bonchev–Trinajstić information content (AvgIpc) is 3.28. The van der Waals surface area contributed by atoms with Crippen LogP contribution in [-0.4, -0.2) is 27.3 Å². The van der Waals surface area contributed by atoms with Crippen LogP contribution in [0.3, 0.4) is 0 Å². The summed E-state index contributed by atoms with van der Waals surface area (Å²) in [5.41, 5.74) is 2.23. The zero-order valence-corrected chi connectivity index (χ0v) is 14.1. The summed E-state index contributed by atoms with van der Waals surface area (Å²) in [5, 5.41) is 11.4. The number of nitrogens with one attached hydrogen (secondary N) is 2. The van der Waals surface area contributed by atoms with Crippen molar-refractivity contribution in [1.29, 1.82) is 0 Å². The number of carbonyl (C=O) groups is 1. The Morgan fingerprint density at radius 3 is 2.72 bits per heavy atom. The Kier molecular flexibility index (Phi) is 3.99. The number of carbonyl (C=O) groups excluding carboxylic acids is 1. The monoisotopic (exact) mass is 350 g/mol. The van der Waals surface area contributed by atoms with Gasteiger partial charge >= 0.3 is 6.01 Å². The highest BCUT2D eigenvalue weighted by Crippen LogP contribution is 2.24. The number of thioether (sulfide) groups is 1. The molecule has 2 heterocycles. The van der Waals surface area contributed by atoms with Crippen LogP contribution >= 0.6 is 11.8 Å². The largest absolute Gasteiger partial charge is 0.403 e. The maximum absolute atomic E-state index is 12.5. The molecule has 0 aliphatic carbocycles. The summed E-state index contributed by atoms with van der Waals surface area (Å²) in [6, 6.07) is 15.4. The zero-order valence-electron chi connectivity index (χ0n) is 13.3. The van der Waals surface area contributed by atoms with Gasteiger partial charge in [0.05, 0.1) is 5.56 Å². The quantitative estimate of drug-likeness (QED) is 0.539. The number of hydrogen-bond donors (Lipinski definition) is 2. The highest BCUT2D eigenvalue weighted by atomic mass is 32.2. The maximum Gasteiger partial charge on any atom is 0.322 e. The van der Waals surface area contributed by atoms with E-state index in [2.05, 4.69) is 20.5 Å². The third-order valence-electron chi connectivity index (χ3n) is 3.82. The van der Waals surface area contributed by atoms with Gasteiger partial charge in [0.2, 0.25) is 5.89 Å². The summed E-state index contributed by atoms with van der Waals surface area (Å²) in [4.78, 5) is 16.7. The summed E-state index contributed by atoms with van der Waals surface area (Å²) in [5.74, 6) is 0.0623. The van der Waals surface area contributed by atoms with Crippen molar-refractivity contribution in [3.8, 4) is 11.5 Å². The number of nitrogens with zero attached hydrogens (tertiary/aromatic N) is 2. The predicted octanol–water partition coefficient (Wildman–Crippen LogP) is 4.19. The van der Waals surface area contributed by atoms with Crippen molar-refractivity contribution < 1.29 is 9.21 Å². The molecular weight excluding hydrogens is 336 g/mol. The molecule has 1 amide bonds. The van der Waals surface area contributed by atoms with Gasteiger partial charge in [0.15, 0.2) is 0 Å². The predicted molar refractivity (Wildman–Crippen MR) is 97.8 cm³/mol. The van der Waals surface area contributed by atoms with Gasteiger partial charge in [-0.3, -0.25) is 10.1 Å². The number of amides is 1. The first-order valence-corrected chi connectivity index (χ1v) is 8.82. The topological polar surface area (TPSA) is 83.8 Å². The summed E-state index contributed by atoms with van der Waals surface area (Å²) in [6.07, 6.45) is 3.68. The number of aromatic amines is 1. The summed E-state index contributed by atoms with van der Waals surface area (Å²) >= 11 is 1.66. The molecule has 0 fully saturated rings. The van der Waals surface area contributed by atoms with Crippen LogP contribution in [0.1, 0.15) is 10.4 Å². The second kappa shape index (κ2) is 6.45. The fourth-order valence-electron chi connectivity index (χ4n) is 2.55. The molecule has 6 nitrogen and oxygen atoms in total. The highest BCUT2D eigenvalue weighted by molar-refractivity contribution is 7.98. The molecule has 7 heteroatoms. The van der Waals surface area contributed by atoms with E-state index in [0.717, 1.165) is 21.4 Å². The number of benzene rings is 2. The minimum Gasteiger partial charge on any atom is -0.403 e. The first-order chi connectivity index (χ1) is 12.2. The van der Waals surface area contributed by atoms with Gasteiger partial charge in [-0.25, -0.2) is 0 Å². The Balaban J connectivity index is 1.55. The third kappa shape index (κ3) is 3.01. The van der Waals surface area contributed by atoms with Crippen LogP contribution in [-0.2, 0) is 0 Å². The van der Waals surface area contributed by atoms with Gasteiger partial charge in [-0.05, 0) is 36.6 Å². The van der Waals surface area contributed by atoms with Crippen LogP contribution < -0.4 is 5.32 Å². The first kappa shape index (κ1) is 15.5. The molecule has 124 valence electrons. The normalized spacial score (nSPS) is 10.9. The van der Waals surface area contributed by atoms with E-state index in [1.807, 2.05) is 54.8 Å². The number of para-hydroxylation sites is 1. The fourth-order valence-corrected chi connectivity index (χ4v) is 2.96. The molecule has 0 saturated carbocycles. The lowest BCUT2D eigenvalue weighted by Gasteiger charge is -1.99. The smallest absolute Gasteiger partial charge is 0.322 e. The number of fused-ring (bicyclic) bond motifs is 1. The molecule has 0 radical (unpaired) electrons. The van der Waals surface area contributed by atoms with E-state index in [0.29, 0.717) is 11.5 Å². The van der Waals surface area contributed by atoms with Crippen molar-refractivity contribution in [3.05, 3.63) is 60.3 Å². The molecule has 2 aromatic heterocycles. The summed E-state index contributed by atoms with van der Waals surface area (Å²) in [7, 11) is 0. The van der Waals surface area contributed by atoms with Gasteiger partial charge in [-0.1, -0.05) is 23.3 Å². The van der Waals surface area contributed by atoms with Gasteiger partial charge in [-0.2, -0.15) is 0 Å². The van der Waals surface area contributed by atoms with Gasteiger partial charge < -0.3 is 9.40 Å². The Hall–Kier alpha value is -3.06. The molecule has 0 saturated heterocycles. The van der Waals surface area contributed by atoms with E-state index in [9.17, 15) is 4.79 Å². The van der Waals surface area contributed by atoms with Crippen molar-refractivity contribution in [1.82, 2.24) is 15.2 Å². The number of H-pyrrole nitrogens is 1. The van der Waals surface area contributed by atoms with Crippen molar-refractivity contribution in [2.24, 2.45) is 0 Å². The zero-order chi connectivity index (χ0) is 17.2. The molecule has 4 rings (SSSR count). The van der Waals surface area contributed by atoms with E-state index < -0.39 is 0 Å². The number of aromatic nitrogens is 3. The lowest BCUT2D eigenvalue weighted by molar-refractivity contribution is 0.102. The van der Waals surface area contributed by atoms with Crippen LogP contribution in [0.4, 0.5) is 6.01 Å². The van der Waals surface area contributed by atoms with Crippen LogP contribution in [0.2, 0.25) is 0 Å². The first-order valence-electron chi connectivity index (χ1n) is 7.60. The molecule has 0 unspecified atom stereocenters. The molecule has 0 aliphatic heterocycles. The molecule has 0 bridgehead atoms. The third-order valence-corrected chi connectivity index (χ3v) is 4.56. The van der Waals surface area contributed by atoms with E-state index in [1.54, 1.807) is 18.0 Å². The van der Waals surface area contributed by atoms with Gasteiger partial charge in [0, 0.05) is 27.6 Å². The molecule has 2 aromatic carbocycles. The lowest BCUT2D eigenvalue weighted by atomic mass is 10.2. The average molecular weight is 350 g/mol. The number of anilines is 1. The molecule has 25 heavy (non-hydrogen) atoms. The van der Waals surface area contributed by atoms with Crippen molar-refractivity contribution in [3.63, 3.8) is 0 Å². The minimum absolute atomic E-state index is 0.0687. The highest BCUT2D eigenvalue weighted by Gasteiger charge is 2.15. The van der Waals surface area contributed by atoms with E-state index in [-0.39, 0.29) is 11.9 Å². The summed E-state index contributed by atoms with van der Waals surface area (Å²) < 4.78 is 5.55. The molecular formula is C18H14N4O2S. The van der Waals surface area contributed by atoms with Crippen molar-refractivity contribution in [2.75, 3.05) is 11.6 Å². The Morgan fingerprint density at radius 2 is 1.92 bits per heavy atom. The maximum atomic E-state index is 12.5. The van der Waals surface area contributed by atoms with Crippen molar-refractivity contribution in [2.45, 2.75) is 4.90 Å². The Bertz CT molecular complexity index is 1040. The summed E-state index contributed by atoms with van der Waals surface area (Å²) in [6.45, 7) is 0. The van der Waals surface area contributed by atoms with Crippen LogP contribution in [0.5, 0.6) is 0 Å². The second-order valence-electron chi connectivity index (χ2n) is 5.34. The minimum atomic E-state index is -0.301. The molecule has 4 aromatic rings. The standard InChI is InChI=1S/C18H14N4O2S/c1-25-12-8-6-11(7-9-12)17-21-22-18(24-17)20-16(23)14-10-19-15-5-3-2-4-13(14)15/h2-10,19H,1H3,(H,20,22,23). The number of hydrogen-bond acceptors (Lipinski definition) is 5. The fraction of sp³-hybridized carbons (Fsp3) is 0.0556. The van der Waals surface area contributed by atoms with E-state index in [4.69, 9.17) is 4.42 Å². The lowest BCUT2D eigenvalue weighted by Crippen LogP contribution is -2.11. The molecule has 0 aliphatic rings. The second-order valence-corrected chi connectivity index (χ2v) is 6.22. The van der Waals surface area contributed by atoms with Gasteiger partial charge in [0.25, 0.3) is 5.91 Å². The van der Waals surface area contributed by atoms with Crippen LogP contribution in [0.15, 0.2) is 64.0 Å². The SMILES string of the molecule is CSc1ccc(-c2nnc(NC(=O)c3c[nH]c4ccccc34)o2)cc1. The Labute approximate surface area is 147 Å². The molecule has 0 atom stereocenters. The van der Waals surface area contributed by atoms with E-state index >= 15 is 0 Å². The molecule has 0 spiro atoms. The van der Waals surface area contributed by atoms with Gasteiger partial charge in [-0.15, -0.1) is 16.9 Å². The van der Waals surface area contributed by atoms with Crippen LogP contribution in [0.25, 0.3) is 22.4 Å². The van der Waals surface area contributed by atoms with Crippen LogP contribution in [0, 0.1) is 0 Å². The Morgan fingerprint density at radius 1 is 1.12 bits per heavy atom. The molecule has 2 N–H and O–H groups in total. The van der Waals surface area contributed by atoms with Crippen molar-refractivity contribution >= 4 is 34.6 Å². The number of rotatable bonds is 4.